The van der Waals surface area contributed by atoms with Crippen molar-refractivity contribution in [3.8, 4) is 18.1 Å². The van der Waals surface area contributed by atoms with Crippen LogP contribution >= 0.6 is 0 Å². The van der Waals surface area contributed by atoms with E-state index in [1.165, 1.54) is 11.1 Å². The second kappa shape index (κ2) is 4.63. The number of hydrogen-bond donors (Lipinski definition) is 2. The molecule has 4 rings (SSSR count). The van der Waals surface area contributed by atoms with Crippen LogP contribution in [0.4, 0.5) is 0 Å². The average Bonchev–Trinajstić information content (AvgIpc) is 2.80. The molecular weight excluding hydrogens is 308 g/mol. The number of aromatic hydroxyl groups is 1. The molecule has 2 N–H and O–H groups in total. The molecule has 0 aromatic heterocycles. The summed E-state index contributed by atoms with van der Waals surface area (Å²) < 4.78 is 0. The van der Waals surface area contributed by atoms with Crippen LogP contribution < -0.4 is 0 Å². The minimum Gasteiger partial charge on any atom is -0.508 e. The minimum atomic E-state index is -0.999. The Morgan fingerprint density at radius 2 is 1.60 bits per heavy atom. The lowest BCUT2D eigenvalue weighted by atomic mass is 9.35. The predicted molar refractivity (Wildman–Crippen MR) is 100 cm³/mol. The molecule has 0 aliphatic heterocycles. The zero-order valence-electron chi connectivity index (χ0n) is 15.9. The number of phenolic OH excluding ortho intramolecular Hbond substituents is 1. The van der Waals surface area contributed by atoms with Crippen LogP contribution in [0.3, 0.4) is 0 Å². The van der Waals surface area contributed by atoms with Gasteiger partial charge in [-0.05, 0) is 78.0 Å². The van der Waals surface area contributed by atoms with E-state index in [0.717, 1.165) is 32.1 Å². The maximum Gasteiger partial charge on any atom is 0.131 e. The first kappa shape index (κ1) is 17.0. The first-order valence-corrected chi connectivity index (χ1v) is 9.60. The molecule has 0 bridgehead atoms. The van der Waals surface area contributed by atoms with Crippen LogP contribution in [0.25, 0.3) is 0 Å². The minimum absolute atomic E-state index is 0.0102. The van der Waals surface area contributed by atoms with E-state index in [1.54, 1.807) is 0 Å². The molecule has 25 heavy (non-hydrogen) atoms. The molecule has 0 amide bonds. The normalized spacial score (nSPS) is 48.2. The van der Waals surface area contributed by atoms with Crippen LogP contribution in [-0.2, 0) is 11.8 Å². The highest BCUT2D eigenvalue weighted by atomic mass is 16.3. The van der Waals surface area contributed by atoms with Gasteiger partial charge in [-0.25, -0.2) is 0 Å². The van der Waals surface area contributed by atoms with Gasteiger partial charge in [0, 0.05) is 5.41 Å². The van der Waals surface area contributed by atoms with Crippen LogP contribution in [0.2, 0.25) is 0 Å². The monoisotopic (exact) mass is 338 g/mol. The highest BCUT2D eigenvalue weighted by Crippen LogP contribution is 2.77. The summed E-state index contributed by atoms with van der Waals surface area (Å²) in [5, 5.41) is 21.2. The van der Waals surface area contributed by atoms with Gasteiger partial charge in [0.2, 0.25) is 0 Å². The molecule has 2 fully saturated rings. The molecule has 0 heterocycles. The Morgan fingerprint density at radius 3 is 2.28 bits per heavy atom. The van der Waals surface area contributed by atoms with Crippen LogP contribution in [0.5, 0.6) is 5.75 Å². The van der Waals surface area contributed by atoms with E-state index in [2.05, 4.69) is 39.7 Å². The third-order valence-corrected chi connectivity index (χ3v) is 9.49. The molecule has 1 aromatic carbocycles. The highest BCUT2D eigenvalue weighted by molar-refractivity contribution is 5.46. The zero-order chi connectivity index (χ0) is 18.3. The summed E-state index contributed by atoms with van der Waals surface area (Å²) in [6.45, 7) is 9.45. The molecule has 1 aromatic rings. The Kier molecular flexibility index (Phi) is 3.14. The summed E-state index contributed by atoms with van der Waals surface area (Å²) >= 11 is 0. The van der Waals surface area contributed by atoms with Gasteiger partial charge in [0.15, 0.2) is 0 Å². The molecular formula is C23H30O2. The van der Waals surface area contributed by atoms with E-state index in [1.807, 2.05) is 12.1 Å². The molecule has 3 aliphatic rings. The Hall–Kier alpha value is -1.46. The molecule has 0 saturated heterocycles. The number of fused-ring (bicyclic) bond motifs is 5. The molecule has 0 radical (unpaired) electrons. The molecule has 3 aliphatic carbocycles. The average molecular weight is 338 g/mol. The maximum atomic E-state index is 11.3. The van der Waals surface area contributed by atoms with Crippen molar-refractivity contribution in [2.24, 2.45) is 16.2 Å². The molecule has 2 nitrogen and oxygen atoms in total. The number of hydrogen-bond acceptors (Lipinski definition) is 2. The number of aliphatic hydroxyl groups is 1. The Bertz CT molecular complexity index is 792. The number of rotatable bonds is 0. The van der Waals surface area contributed by atoms with E-state index >= 15 is 0 Å². The number of terminal acetylenes is 1. The SMILES string of the molecule is C#CC1(O)CCC2(C)C1(C)CCC1(C)c3ccc(O)cc3CCC12C. The van der Waals surface area contributed by atoms with Gasteiger partial charge in [-0.2, -0.15) is 0 Å². The first-order chi connectivity index (χ1) is 11.6. The fourth-order valence-electron chi connectivity index (χ4n) is 7.12. The van der Waals surface area contributed by atoms with Gasteiger partial charge in [-0.1, -0.05) is 39.7 Å². The molecule has 5 atom stereocenters. The van der Waals surface area contributed by atoms with E-state index in [0.29, 0.717) is 12.2 Å². The van der Waals surface area contributed by atoms with Gasteiger partial charge in [0.1, 0.15) is 11.4 Å². The van der Waals surface area contributed by atoms with Gasteiger partial charge in [0.25, 0.3) is 0 Å². The Labute approximate surface area is 151 Å². The summed E-state index contributed by atoms with van der Waals surface area (Å²) in [6, 6.07) is 5.91. The topological polar surface area (TPSA) is 40.5 Å². The van der Waals surface area contributed by atoms with Crippen LogP contribution in [0, 0.1) is 28.6 Å². The molecule has 134 valence electrons. The fourth-order valence-corrected chi connectivity index (χ4v) is 7.12. The van der Waals surface area contributed by atoms with Gasteiger partial charge >= 0.3 is 0 Å². The van der Waals surface area contributed by atoms with Crippen molar-refractivity contribution in [2.75, 3.05) is 0 Å². The van der Waals surface area contributed by atoms with Crippen LogP contribution in [0.1, 0.15) is 70.9 Å². The summed E-state index contributed by atoms with van der Waals surface area (Å²) in [5.74, 6) is 3.14. The van der Waals surface area contributed by atoms with Crippen molar-refractivity contribution in [3.63, 3.8) is 0 Å². The van der Waals surface area contributed by atoms with E-state index in [4.69, 9.17) is 6.42 Å². The molecule has 2 heteroatoms. The van der Waals surface area contributed by atoms with Crippen LogP contribution in [0.15, 0.2) is 18.2 Å². The maximum absolute atomic E-state index is 11.3. The van der Waals surface area contributed by atoms with Crippen molar-refractivity contribution < 1.29 is 10.2 Å². The molecule has 2 saturated carbocycles. The van der Waals surface area contributed by atoms with Gasteiger partial charge in [0.05, 0.1) is 0 Å². The van der Waals surface area contributed by atoms with Crippen molar-refractivity contribution in [3.05, 3.63) is 29.3 Å². The summed E-state index contributed by atoms with van der Waals surface area (Å²) in [4.78, 5) is 0. The second-order valence-electron chi connectivity index (χ2n) is 9.67. The summed E-state index contributed by atoms with van der Waals surface area (Å²) in [6.07, 6.45) is 11.5. The standard InChI is InChI=1S/C23H30O2/c1-6-23(25)14-13-21(4)20(3)10-9-16-15-17(24)7-8-18(16)19(20,2)11-12-22(21,23)5/h1,7-8,15,24-25H,9-14H2,2-5H3. The number of benzene rings is 1. The van der Waals surface area contributed by atoms with Crippen molar-refractivity contribution >= 4 is 0 Å². The molecule has 0 spiro atoms. The fraction of sp³-hybridized carbons (Fsp3) is 0.652. The smallest absolute Gasteiger partial charge is 0.131 e. The van der Waals surface area contributed by atoms with Gasteiger partial charge < -0.3 is 10.2 Å². The lowest BCUT2D eigenvalue weighted by Gasteiger charge is -2.68. The van der Waals surface area contributed by atoms with E-state index < -0.39 is 5.60 Å². The largest absolute Gasteiger partial charge is 0.508 e. The van der Waals surface area contributed by atoms with Gasteiger partial charge in [-0.3, -0.25) is 0 Å². The number of aryl methyl sites for hydroxylation is 1. The van der Waals surface area contributed by atoms with E-state index in [9.17, 15) is 10.2 Å². The van der Waals surface area contributed by atoms with E-state index in [-0.39, 0.29) is 21.7 Å². The first-order valence-electron chi connectivity index (χ1n) is 9.60. The lowest BCUT2D eigenvalue weighted by Crippen LogP contribution is -2.65. The number of phenols is 1. The summed E-state index contributed by atoms with van der Waals surface area (Å²) in [7, 11) is 0. The Balaban J connectivity index is 1.92. The zero-order valence-corrected chi connectivity index (χ0v) is 15.9. The van der Waals surface area contributed by atoms with Crippen molar-refractivity contribution in [2.45, 2.75) is 77.2 Å². The quantitative estimate of drug-likeness (QED) is 0.681. The molecule has 5 unspecified atom stereocenters. The van der Waals surface area contributed by atoms with Crippen LogP contribution in [-0.4, -0.2) is 15.8 Å². The van der Waals surface area contributed by atoms with Crippen molar-refractivity contribution in [1.29, 1.82) is 0 Å². The lowest BCUT2D eigenvalue weighted by molar-refractivity contribution is -0.179. The third-order valence-electron chi connectivity index (χ3n) is 9.49. The van der Waals surface area contributed by atoms with Crippen molar-refractivity contribution in [1.82, 2.24) is 0 Å². The Morgan fingerprint density at radius 1 is 0.920 bits per heavy atom. The summed E-state index contributed by atoms with van der Waals surface area (Å²) in [5.41, 5.74) is 1.53. The van der Waals surface area contributed by atoms with Gasteiger partial charge in [-0.15, -0.1) is 6.42 Å². The highest BCUT2D eigenvalue weighted by Gasteiger charge is 2.74. The second-order valence-corrected chi connectivity index (χ2v) is 9.67. The predicted octanol–water partition coefficient (Wildman–Crippen LogP) is 4.57. The third kappa shape index (κ3) is 1.62.